The maximum absolute atomic E-state index is 13.3. The Labute approximate surface area is 114 Å². The van der Waals surface area contributed by atoms with Gasteiger partial charge in [-0.3, -0.25) is 4.79 Å². The number of carbonyl (C=O) groups excluding carboxylic acids is 1. The number of carbonyl (C=O) groups is 1. The molecule has 2 aromatic carbocycles. The van der Waals surface area contributed by atoms with E-state index in [0.29, 0.717) is 23.1 Å². The molecule has 0 aliphatic rings. The van der Waals surface area contributed by atoms with Crippen molar-refractivity contribution in [2.75, 3.05) is 0 Å². The molecule has 0 atom stereocenters. The van der Waals surface area contributed by atoms with Crippen LogP contribution in [0, 0.1) is 11.6 Å². The van der Waals surface area contributed by atoms with Gasteiger partial charge in [0, 0.05) is 17.5 Å². The minimum atomic E-state index is -0.991. The summed E-state index contributed by atoms with van der Waals surface area (Å²) < 4.78 is 26.3. The molecule has 19 heavy (non-hydrogen) atoms. The second-order valence-electron chi connectivity index (χ2n) is 4.10. The van der Waals surface area contributed by atoms with E-state index in [4.69, 9.17) is 11.6 Å². The van der Waals surface area contributed by atoms with Gasteiger partial charge in [0.25, 0.3) is 0 Å². The zero-order chi connectivity index (χ0) is 14.0. The van der Waals surface area contributed by atoms with Gasteiger partial charge >= 0.3 is 0 Å². The van der Waals surface area contributed by atoms with Crippen LogP contribution in [0.15, 0.2) is 36.4 Å². The van der Waals surface area contributed by atoms with Crippen LogP contribution >= 0.6 is 11.6 Å². The Morgan fingerprint density at radius 1 is 1.16 bits per heavy atom. The Bertz CT molecular complexity index is 638. The summed E-state index contributed by atoms with van der Waals surface area (Å²) in [6, 6.07) is 8.67. The summed E-state index contributed by atoms with van der Waals surface area (Å²) in [7, 11) is 0. The van der Waals surface area contributed by atoms with E-state index in [1.54, 1.807) is 31.2 Å². The molecule has 2 rings (SSSR count). The molecule has 2 aromatic rings. The fraction of sp³-hybridized carbons (Fsp3) is 0.133. The zero-order valence-corrected chi connectivity index (χ0v) is 11.0. The fourth-order valence-electron chi connectivity index (χ4n) is 1.81. The van der Waals surface area contributed by atoms with Crippen molar-refractivity contribution < 1.29 is 13.6 Å². The number of hydrogen-bond acceptors (Lipinski definition) is 1. The quantitative estimate of drug-likeness (QED) is 0.578. The molecule has 0 fully saturated rings. The Hall–Kier alpha value is -1.74. The average Bonchev–Trinajstić information content (AvgIpc) is 2.42. The van der Waals surface area contributed by atoms with Gasteiger partial charge in [0.2, 0.25) is 0 Å². The molecule has 0 bridgehead atoms. The highest BCUT2D eigenvalue weighted by Gasteiger charge is 2.11. The van der Waals surface area contributed by atoms with Crippen LogP contribution in [0.1, 0.15) is 23.7 Å². The molecule has 0 N–H and O–H groups in total. The summed E-state index contributed by atoms with van der Waals surface area (Å²) in [5.74, 6) is -1.97. The lowest BCUT2D eigenvalue weighted by Crippen LogP contribution is -1.96. The molecule has 1 nitrogen and oxygen atoms in total. The van der Waals surface area contributed by atoms with Gasteiger partial charge in [0.05, 0.1) is 5.02 Å². The number of Topliss-reactive ketones (excluding diaryl/α,β-unsaturated/α-hetero) is 1. The first kappa shape index (κ1) is 13.7. The highest BCUT2D eigenvalue weighted by Crippen LogP contribution is 2.30. The van der Waals surface area contributed by atoms with Crippen LogP contribution in [-0.4, -0.2) is 5.78 Å². The summed E-state index contributed by atoms with van der Waals surface area (Å²) >= 11 is 5.91. The molecule has 0 aromatic heterocycles. The first-order chi connectivity index (χ1) is 9.02. The van der Waals surface area contributed by atoms with Crippen LogP contribution in [0.3, 0.4) is 0 Å². The van der Waals surface area contributed by atoms with Crippen molar-refractivity contribution in [1.29, 1.82) is 0 Å². The van der Waals surface area contributed by atoms with Gasteiger partial charge in [0.15, 0.2) is 17.4 Å². The fourth-order valence-corrected chi connectivity index (χ4v) is 2.07. The first-order valence-electron chi connectivity index (χ1n) is 5.81. The number of ketones is 1. The van der Waals surface area contributed by atoms with Crippen molar-refractivity contribution in [1.82, 2.24) is 0 Å². The lowest BCUT2D eigenvalue weighted by Gasteiger charge is -2.07. The normalized spacial score (nSPS) is 10.5. The van der Waals surface area contributed by atoms with Gasteiger partial charge in [-0.25, -0.2) is 8.78 Å². The molecule has 0 amide bonds. The number of rotatable bonds is 3. The Morgan fingerprint density at radius 3 is 2.53 bits per heavy atom. The predicted molar refractivity (Wildman–Crippen MR) is 71.4 cm³/mol. The molecule has 4 heteroatoms. The van der Waals surface area contributed by atoms with Gasteiger partial charge < -0.3 is 0 Å². The Kier molecular flexibility index (Phi) is 3.96. The van der Waals surface area contributed by atoms with Gasteiger partial charge in [-0.15, -0.1) is 0 Å². The van der Waals surface area contributed by atoms with E-state index in [1.807, 2.05) is 0 Å². The molecule has 0 heterocycles. The minimum absolute atomic E-state index is 0.0134. The van der Waals surface area contributed by atoms with Gasteiger partial charge in [-0.1, -0.05) is 36.7 Å². The molecule has 0 aliphatic heterocycles. The standard InChI is InChI=1S/C15H11ClF2O/c1-2-15(19)10-5-3-4-9(6-10)11-7-13(17)14(18)8-12(11)16/h3-8H,2H2,1H3. The van der Waals surface area contributed by atoms with Crippen molar-refractivity contribution in [2.45, 2.75) is 13.3 Å². The number of halogens is 3. The summed E-state index contributed by atoms with van der Waals surface area (Å²) in [4.78, 5) is 11.6. The third-order valence-corrected chi connectivity index (χ3v) is 3.14. The van der Waals surface area contributed by atoms with Crippen LogP contribution in [0.25, 0.3) is 11.1 Å². The minimum Gasteiger partial charge on any atom is -0.294 e. The monoisotopic (exact) mass is 280 g/mol. The molecule has 0 saturated carbocycles. The summed E-state index contributed by atoms with van der Waals surface area (Å²) in [6.45, 7) is 1.76. The largest absolute Gasteiger partial charge is 0.294 e. The molecule has 0 unspecified atom stereocenters. The topological polar surface area (TPSA) is 17.1 Å². The smallest absolute Gasteiger partial charge is 0.162 e. The third kappa shape index (κ3) is 2.82. The van der Waals surface area contributed by atoms with E-state index in [2.05, 4.69) is 0 Å². The Balaban J connectivity index is 2.53. The predicted octanol–water partition coefficient (Wildman–Crippen LogP) is 4.88. The van der Waals surface area contributed by atoms with E-state index in [1.165, 1.54) is 0 Å². The maximum Gasteiger partial charge on any atom is 0.162 e. The maximum atomic E-state index is 13.3. The van der Waals surface area contributed by atoms with Crippen molar-refractivity contribution in [3.63, 3.8) is 0 Å². The lowest BCUT2D eigenvalue weighted by atomic mass is 10.0. The molecule has 0 saturated heterocycles. The second-order valence-corrected chi connectivity index (χ2v) is 4.51. The van der Waals surface area contributed by atoms with E-state index in [9.17, 15) is 13.6 Å². The van der Waals surface area contributed by atoms with Crippen molar-refractivity contribution in [3.8, 4) is 11.1 Å². The van der Waals surface area contributed by atoms with Crippen molar-refractivity contribution in [2.24, 2.45) is 0 Å². The highest BCUT2D eigenvalue weighted by atomic mass is 35.5. The summed E-state index contributed by atoms with van der Waals surface area (Å²) in [5.41, 5.74) is 1.48. The highest BCUT2D eigenvalue weighted by molar-refractivity contribution is 6.33. The SMILES string of the molecule is CCC(=O)c1cccc(-c2cc(F)c(F)cc2Cl)c1. The van der Waals surface area contributed by atoms with Gasteiger partial charge in [-0.05, 0) is 23.8 Å². The molecular formula is C15H11ClF2O. The average molecular weight is 281 g/mol. The zero-order valence-electron chi connectivity index (χ0n) is 10.2. The molecular weight excluding hydrogens is 270 g/mol. The lowest BCUT2D eigenvalue weighted by molar-refractivity contribution is 0.0988. The summed E-state index contributed by atoms with van der Waals surface area (Å²) in [6.07, 6.45) is 0.384. The second kappa shape index (κ2) is 5.49. The van der Waals surface area contributed by atoms with E-state index in [-0.39, 0.29) is 10.8 Å². The van der Waals surface area contributed by atoms with Crippen molar-refractivity contribution in [3.05, 3.63) is 58.6 Å². The third-order valence-electron chi connectivity index (χ3n) is 2.83. The number of hydrogen-bond donors (Lipinski definition) is 0. The van der Waals surface area contributed by atoms with E-state index in [0.717, 1.165) is 12.1 Å². The first-order valence-corrected chi connectivity index (χ1v) is 6.19. The Morgan fingerprint density at radius 2 is 1.84 bits per heavy atom. The van der Waals surface area contributed by atoms with Crippen molar-refractivity contribution >= 4 is 17.4 Å². The molecule has 0 aliphatic carbocycles. The molecule has 98 valence electrons. The molecule has 0 radical (unpaired) electrons. The van der Waals surface area contributed by atoms with Crippen LogP contribution < -0.4 is 0 Å². The van der Waals surface area contributed by atoms with Crippen LogP contribution in [-0.2, 0) is 0 Å². The summed E-state index contributed by atoms with van der Waals surface area (Å²) in [5, 5.41) is 0.111. The van der Waals surface area contributed by atoms with Crippen LogP contribution in [0.2, 0.25) is 5.02 Å². The molecule has 0 spiro atoms. The number of benzene rings is 2. The van der Waals surface area contributed by atoms with E-state index >= 15 is 0 Å². The van der Waals surface area contributed by atoms with E-state index < -0.39 is 11.6 Å². The van der Waals surface area contributed by atoms with Gasteiger partial charge in [0.1, 0.15) is 0 Å². The van der Waals surface area contributed by atoms with Gasteiger partial charge in [-0.2, -0.15) is 0 Å². The van der Waals surface area contributed by atoms with Crippen LogP contribution in [0.5, 0.6) is 0 Å². The van der Waals surface area contributed by atoms with Crippen LogP contribution in [0.4, 0.5) is 8.78 Å².